The normalized spacial score (nSPS) is 24.3. The van der Waals surface area contributed by atoms with Crippen molar-refractivity contribution in [2.75, 3.05) is 40.9 Å². The van der Waals surface area contributed by atoms with Crippen molar-refractivity contribution in [1.29, 1.82) is 0 Å². The number of methoxy groups -OCH3 is 1. The van der Waals surface area contributed by atoms with Crippen molar-refractivity contribution in [3.63, 3.8) is 0 Å². The van der Waals surface area contributed by atoms with Gasteiger partial charge in [0.05, 0.1) is 29.8 Å². The number of benzene rings is 3. The molecule has 9 rings (SSSR count). The number of hydrazine groups is 1. The number of phenolic OH excluding ortho intramolecular Hbond substituents is 1. The van der Waals surface area contributed by atoms with Gasteiger partial charge in [0.15, 0.2) is 0 Å². The van der Waals surface area contributed by atoms with Gasteiger partial charge in [-0.05, 0) is 152 Å². The molecule has 3 aliphatic heterocycles. The quantitative estimate of drug-likeness (QED) is 0.0717. The number of nitrogens with one attached hydrogen (secondary N) is 2. The number of esters is 1. The van der Waals surface area contributed by atoms with Crippen LogP contribution in [-0.4, -0.2) is 139 Å². The second-order valence-electron chi connectivity index (χ2n) is 23.5. The minimum atomic E-state index is -1.82. The highest BCUT2D eigenvalue weighted by Gasteiger charge is 2.57. The number of aliphatic hydroxyl groups excluding tert-OH is 1. The molecule has 4 amide bonds. The largest absolute Gasteiger partial charge is 0.508 e. The van der Waals surface area contributed by atoms with E-state index in [-0.39, 0.29) is 43.3 Å². The zero-order valence-corrected chi connectivity index (χ0v) is 48.4. The van der Waals surface area contributed by atoms with Crippen LogP contribution in [0.3, 0.4) is 0 Å². The Labute approximate surface area is 473 Å². The number of hydrogen-bond donors (Lipinski definition) is 4. The van der Waals surface area contributed by atoms with Gasteiger partial charge >= 0.3 is 5.97 Å². The molecule has 1 aromatic heterocycles. The zero-order chi connectivity index (χ0) is 57.2. The van der Waals surface area contributed by atoms with Gasteiger partial charge in [-0.3, -0.25) is 34.0 Å². The molecule has 80 heavy (non-hydrogen) atoms. The maximum Gasteiger partial charge on any atom is 0.324 e. The molecule has 3 fully saturated rings. The zero-order valence-electron chi connectivity index (χ0n) is 47.5. The number of amides is 4. The van der Waals surface area contributed by atoms with Gasteiger partial charge in [0, 0.05) is 51.3 Å². The Hall–Kier alpha value is -6.31. The fourth-order valence-corrected chi connectivity index (χ4v) is 13.7. The van der Waals surface area contributed by atoms with Crippen molar-refractivity contribution < 1.29 is 47.9 Å². The summed E-state index contributed by atoms with van der Waals surface area (Å²) in [4.78, 5) is 80.2. The molecule has 9 atom stereocenters. The summed E-state index contributed by atoms with van der Waals surface area (Å²) in [6.45, 7) is 10.3. The Morgan fingerprint density at radius 1 is 0.975 bits per heavy atom. The summed E-state index contributed by atoms with van der Waals surface area (Å²) in [5.74, 6) is -2.79. The van der Waals surface area contributed by atoms with E-state index in [9.17, 15) is 28.8 Å². The van der Waals surface area contributed by atoms with Crippen LogP contribution in [0.25, 0.3) is 22.3 Å². The summed E-state index contributed by atoms with van der Waals surface area (Å²) in [5.41, 5.74) is 12.2. The van der Waals surface area contributed by atoms with Crippen molar-refractivity contribution in [3.05, 3.63) is 113 Å². The van der Waals surface area contributed by atoms with Crippen LogP contribution in [-0.2, 0) is 57.3 Å². The first-order chi connectivity index (χ1) is 38.3. The number of phenols is 1. The molecule has 0 radical (unpaired) electrons. The minimum Gasteiger partial charge on any atom is -0.508 e. The van der Waals surface area contributed by atoms with Gasteiger partial charge in [-0.15, -0.1) is 0 Å². The van der Waals surface area contributed by atoms with Crippen LogP contribution >= 0.6 is 0 Å². The molecule has 4 aromatic rings. The molecule has 428 valence electrons. The van der Waals surface area contributed by atoms with Gasteiger partial charge in [-0.25, -0.2) is 9.63 Å². The molecular formula is C62H79N7O10S. The van der Waals surface area contributed by atoms with E-state index < -0.39 is 82.9 Å². The molecule has 4 N–H and O–H groups in total. The molecule has 18 heteroatoms. The van der Waals surface area contributed by atoms with Crippen molar-refractivity contribution >= 4 is 51.7 Å². The number of aromatic nitrogens is 1. The predicted molar refractivity (Wildman–Crippen MR) is 305 cm³/mol. The molecule has 4 heterocycles. The molecule has 17 nitrogen and oxygen atoms in total. The fourth-order valence-electron chi connectivity index (χ4n) is 12.4. The number of aliphatic hydroxyl groups is 1. The Morgan fingerprint density at radius 2 is 1.73 bits per heavy atom. The van der Waals surface area contributed by atoms with Gasteiger partial charge < -0.3 is 34.8 Å². The molecule has 6 bridgehead atoms. The van der Waals surface area contributed by atoms with Crippen molar-refractivity contribution in [3.8, 4) is 16.9 Å². The number of likely N-dealkylation sites (N-methyl/N-ethyl adjacent to an activating group) is 2. The SMILES string of the molecule is CCCC1CCc2ccc3cc2C(=C1c1cccnc1[C@H](C)OC)CC(C)(C)COC(=O)[C@@H]1CCCN(N1)C(=O)[C@@H](NC(=O)[C@H](C1CCCC1)N(C)C(=O)CN(C)C(=O)[C@H]1[C@@H](O)N1S(=O)c1ccc(C)cc1)Cc1cc(O)cc-3c1. The number of aryl methyl sites for hydroxylation is 2. The highest BCUT2D eigenvalue weighted by molar-refractivity contribution is 7.83. The van der Waals surface area contributed by atoms with Gasteiger partial charge in [-0.1, -0.05) is 82.0 Å². The fraction of sp³-hybridized carbons (Fsp3) is 0.516. The molecule has 5 aliphatic rings. The second-order valence-corrected chi connectivity index (χ2v) is 24.9. The molecular weight excluding hydrogens is 1030 g/mol. The highest BCUT2D eigenvalue weighted by Crippen LogP contribution is 2.48. The highest BCUT2D eigenvalue weighted by atomic mass is 32.2. The topological polar surface area (TPSA) is 211 Å². The number of allylic oxidation sites excluding steroid dienone is 2. The summed E-state index contributed by atoms with van der Waals surface area (Å²) >= 11 is 0. The smallest absolute Gasteiger partial charge is 0.324 e. The van der Waals surface area contributed by atoms with Crippen molar-refractivity contribution in [2.24, 2.45) is 17.3 Å². The van der Waals surface area contributed by atoms with E-state index in [0.29, 0.717) is 48.1 Å². The maximum absolute atomic E-state index is 15.1. The maximum atomic E-state index is 15.1. The average Bonchev–Trinajstić information content (AvgIpc) is 4.01. The van der Waals surface area contributed by atoms with Crippen molar-refractivity contribution in [1.82, 2.24) is 34.8 Å². The number of hydrogen-bond acceptors (Lipinski definition) is 12. The van der Waals surface area contributed by atoms with E-state index in [1.54, 1.807) is 43.5 Å². The van der Waals surface area contributed by atoms with Gasteiger partial charge in [0.25, 0.3) is 5.91 Å². The number of carbonyl (C=O) groups is 5. The lowest BCUT2D eigenvalue weighted by Crippen LogP contribution is -2.62. The number of pyridine rings is 1. The molecule has 3 aromatic carbocycles. The summed E-state index contributed by atoms with van der Waals surface area (Å²) in [7, 11) is 2.83. The molecule has 0 spiro atoms. The number of fused-ring (bicyclic) bond motifs is 6. The summed E-state index contributed by atoms with van der Waals surface area (Å²) < 4.78 is 26.7. The molecule has 1 saturated carbocycles. The van der Waals surface area contributed by atoms with Crippen LogP contribution in [0.2, 0.25) is 0 Å². The lowest BCUT2D eigenvalue weighted by Gasteiger charge is -2.37. The van der Waals surface area contributed by atoms with Crippen LogP contribution in [0.1, 0.15) is 132 Å². The van der Waals surface area contributed by atoms with Gasteiger partial charge in [-0.2, -0.15) is 4.31 Å². The minimum absolute atomic E-state index is 0.0245. The number of carbonyl (C=O) groups excluding carboxylic acids is 5. The summed E-state index contributed by atoms with van der Waals surface area (Å²) in [6.07, 6.45) is 8.27. The summed E-state index contributed by atoms with van der Waals surface area (Å²) in [5, 5.41) is 26.8. The number of cyclic esters (lactones) is 1. The number of aromatic hydroxyl groups is 1. The third-order valence-corrected chi connectivity index (χ3v) is 18.4. The summed E-state index contributed by atoms with van der Waals surface area (Å²) in [6, 6.07) is 18.5. The standard InChI is InChI=1S/C62H79N7O10S/c1-9-14-41-23-21-40-22-24-43-33-48(40)49(53(41)47-17-12-27-63-54(47)38(3)78-8)34-62(4,5)36-79-61(76)50-18-13-28-68(65-50)58(73)51(31-39-29-44(43)32-45(70)30-39)64-57(72)55(42-15-10-11-16-42)67(7)52(71)35-66(6)59(74)56-60(75)69(56)80(77)46-25-19-37(2)20-26-46/h12,17,19-20,22,24-27,29-30,32-33,38,41-42,50-51,55-56,60,65,70,75H,9-11,13-16,18,21,23,28,31,34-36H2,1-8H3,(H,64,72)/t38-,41?,50-,51-,55-,56-,60+,69?,80?/m0/s1. The first-order valence-electron chi connectivity index (χ1n) is 28.4. The van der Waals surface area contributed by atoms with E-state index in [1.165, 1.54) is 44.3 Å². The van der Waals surface area contributed by atoms with E-state index in [1.807, 2.05) is 32.2 Å². The molecule has 3 unspecified atom stereocenters. The van der Waals surface area contributed by atoms with Crippen LogP contribution in [0.5, 0.6) is 5.75 Å². The van der Waals surface area contributed by atoms with Crippen LogP contribution in [0.15, 0.2) is 83.9 Å². The van der Waals surface area contributed by atoms with Gasteiger partial charge in [0.1, 0.15) is 47.1 Å². The Bertz CT molecular complexity index is 3030. The van der Waals surface area contributed by atoms with Crippen LogP contribution in [0.4, 0.5) is 0 Å². The van der Waals surface area contributed by atoms with E-state index >= 15 is 9.59 Å². The lowest BCUT2D eigenvalue weighted by molar-refractivity contribution is -0.155. The van der Waals surface area contributed by atoms with Gasteiger partial charge in [0.2, 0.25) is 17.7 Å². The molecule has 2 saturated heterocycles. The van der Waals surface area contributed by atoms with Crippen LogP contribution < -0.4 is 10.7 Å². The van der Waals surface area contributed by atoms with E-state index in [0.717, 1.165) is 72.0 Å². The first kappa shape index (κ1) is 58.3. The lowest BCUT2D eigenvalue weighted by atomic mass is 9.76. The van der Waals surface area contributed by atoms with E-state index in [2.05, 4.69) is 55.8 Å². The Balaban J connectivity index is 1.05. The predicted octanol–water partition coefficient (Wildman–Crippen LogP) is 7.44. The van der Waals surface area contributed by atoms with Crippen LogP contribution in [0, 0.1) is 24.2 Å². The second kappa shape index (κ2) is 24.8. The Morgan fingerprint density at radius 3 is 2.45 bits per heavy atom. The van der Waals surface area contributed by atoms with E-state index in [4.69, 9.17) is 14.5 Å². The van der Waals surface area contributed by atoms with Crippen molar-refractivity contribution in [2.45, 2.75) is 153 Å². The third-order valence-electron chi connectivity index (χ3n) is 16.9. The first-order valence-corrected chi connectivity index (χ1v) is 29.6. The average molecular weight is 1110 g/mol. The number of nitrogens with zero attached hydrogens (tertiary/aromatic N) is 5. The number of rotatable bonds is 14. The monoisotopic (exact) mass is 1110 g/mol. The number of ether oxygens (including phenoxy) is 2. The molecule has 2 aliphatic carbocycles. The Kier molecular flexibility index (Phi) is 18.1. The third kappa shape index (κ3) is 12.7.